The summed E-state index contributed by atoms with van der Waals surface area (Å²) in [4.78, 5) is 35.0. The zero-order chi connectivity index (χ0) is 19.3. The number of ether oxygens (including phenoxy) is 1. The van der Waals surface area contributed by atoms with Crippen LogP contribution in [0.5, 0.6) is 0 Å². The first-order valence-electron chi connectivity index (χ1n) is 8.85. The van der Waals surface area contributed by atoms with E-state index in [1.54, 1.807) is 12.3 Å². The maximum Gasteiger partial charge on any atom is 0.416 e. The van der Waals surface area contributed by atoms with E-state index in [2.05, 4.69) is 20.4 Å². The first kappa shape index (κ1) is 16.6. The molecule has 2 amide bonds. The van der Waals surface area contributed by atoms with Crippen molar-refractivity contribution in [2.24, 2.45) is 0 Å². The molecule has 2 aliphatic heterocycles. The van der Waals surface area contributed by atoms with E-state index in [-0.39, 0.29) is 12.5 Å². The quantitative estimate of drug-likeness (QED) is 0.634. The number of pyridine rings is 1. The number of carbonyl (C=O) groups excluding carboxylic acids is 2. The summed E-state index contributed by atoms with van der Waals surface area (Å²) in [6.07, 6.45) is 4.74. The normalized spacial score (nSPS) is 19.3. The maximum absolute atomic E-state index is 14.0. The van der Waals surface area contributed by atoms with Gasteiger partial charge in [0.2, 0.25) is 0 Å². The molecular weight excluding hydrogens is 367 g/mol. The van der Waals surface area contributed by atoms with Gasteiger partial charge in [-0.25, -0.2) is 18.7 Å². The molecule has 2 bridgehead atoms. The molecule has 10 heteroatoms. The minimum absolute atomic E-state index is 0.0626. The smallest absolute Gasteiger partial charge is 0.416 e. The highest BCUT2D eigenvalue weighted by Gasteiger charge is 2.38. The molecule has 5 rings (SSSR count). The van der Waals surface area contributed by atoms with Crippen LogP contribution >= 0.6 is 0 Å². The Kier molecular flexibility index (Phi) is 3.71. The van der Waals surface area contributed by atoms with Crippen molar-refractivity contribution >= 4 is 23.5 Å². The van der Waals surface area contributed by atoms with E-state index < -0.39 is 18.0 Å². The summed E-state index contributed by atoms with van der Waals surface area (Å²) in [5, 5.41) is 6.97. The van der Waals surface area contributed by atoms with E-state index in [9.17, 15) is 14.0 Å². The van der Waals surface area contributed by atoms with Crippen LogP contribution in [-0.4, -0.2) is 44.7 Å². The highest BCUT2D eigenvalue weighted by Crippen LogP contribution is 2.34. The van der Waals surface area contributed by atoms with Crippen molar-refractivity contribution in [3.63, 3.8) is 0 Å². The standard InChI is InChI=1S/C18H15FN6O3/c19-10-6-11-13(21-7-10)2-1-4-20-17(26)12-8-22-24-5-3-15(23-16(12)24)25-14(11)9-28-18(25)27/h3,5-8,14H,1-2,4,9H2,(H,20,26). The molecule has 1 unspecified atom stereocenters. The molecule has 0 spiro atoms. The molecule has 0 saturated carbocycles. The molecule has 3 aromatic rings. The highest BCUT2D eigenvalue weighted by atomic mass is 19.1. The number of fused-ring (bicyclic) bond motifs is 5. The minimum Gasteiger partial charge on any atom is -0.447 e. The van der Waals surface area contributed by atoms with Gasteiger partial charge in [0.05, 0.1) is 12.4 Å². The van der Waals surface area contributed by atoms with Gasteiger partial charge in [-0.15, -0.1) is 0 Å². The number of carbonyl (C=O) groups is 2. The molecule has 1 fully saturated rings. The van der Waals surface area contributed by atoms with Gasteiger partial charge in [-0.1, -0.05) is 0 Å². The second kappa shape index (κ2) is 6.25. The number of aromatic nitrogens is 4. The molecule has 5 heterocycles. The summed E-state index contributed by atoms with van der Waals surface area (Å²) >= 11 is 0. The van der Waals surface area contributed by atoms with Crippen molar-refractivity contribution in [3.8, 4) is 0 Å². The Morgan fingerprint density at radius 3 is 3.07 bits per heavy atom. The second-order valence-corrected chi connectivity index (χ2v) is 6.62. The number of amides is 2. The molecule has 9 nitrogen and oxygen atoms in total. The van der Waals surface area contributed by atoms with Crippen LogP contribution in [0.25, 0.3) is 5.65 Å². The molecule has 28 heavy (non-hydrogen) atoms. The molecule has 2 aliphatic rings. The number of hydrogen-bond donors (Lipinski definition) is 1. The third kappa shape index (κ3) is 2.56. The van der Waals surface area contributed by atoms with E-state index in [0.29, 0.717) is 47.7 Å². The van der Waals surface area contributed by atoms with Gasteiger partial charge in [0.25, 0.3) is 5.91 Å². The lowest BCUT2D eigenvalue weighted by Crippen LogP contribution is -2.29. The highest BCUT2D eigenvalue weighted by molar-refractivity contribution is 6.00. The number of halogens is 1. The fourth-order valence-corrected chi connectivity index (χ4v) is 3.59. The molecule has 142 valence electrons. The van der Waals surface area contributed by atoms with Crippen LogP contribution in [0, 0.1) is 5.82 Å². The van der Waals surface area contributed by atoms with Crippen LogP contribution in [0.2, 0.25) is 0 Å². The number of cyclic esters (lactones) is 1. The van der Waals surface area contributed by atoms with Gasteiger partial charge in [-0.05, 0) is 25.0 Å². The Labute approximate surface area is 158 Å². The summed E-state index contributed by atoms with van der Waals surface area (Å²) in [5.74, 6) is -0.493. The Bertz CT molecular complexity index is 1110. The number of anilines is 1. The topological polar surface area (TPSA) is 102 Å². The number of nitrogens with one attached hydrogen (secondary N) is 1. The first-order valence-corrected chi connectivity index (χ1v) is 8.85. The second-order valence-electron chi connectivity index (χ2n) is 6.62. The van der Waals surface area contributed by atoms with Crippen molar-refractivity contribution in [3.05, 3.63) is 53.4 Å². The Balaban J connectivity index is 1.71. The average Bonchev–Trinajstić information content (AvgIpc) is 3.28. The summed E-state index contributed by atoms with van der Waals surface area (Å²) in [5.41, 5.74) is 1.87. The largest absolute Gasteiger partial charge is 0.447 e. The predicted molar refractivity (Wildman–Crippen MR) is 94.4 cm³/mol. The van der Waals surface area contributed by atoms with Crippen molar-refractivity contribution in [2.45, 2.75) is 18.9 Å². The van der Waals surface area contributed by atoms with Crippen molar-refractivity contribution in [1.29, 1.82) is 0 Å². The van der Waals surface area contributed by atoms with Crippen molar-refractivity contribution in [1.82, 2.24) is 24.9 Å². The zero-order valence-corrected chi connectivity index (χ0v) is 14.6. The first-order chi connectivity index (χ1) is 13.6. The van der Waals surface area contributed by atoms with Crippen LogP contribution in [0.1, 0.15) is 34.1 Å². The average molecular weight is 382 g/mol. The lowest BCUT2D eigenvalue weighted by molar-refractivity contribution is 0.0954. The van der Waals surface area contributed by atoms with Crippen LogP contribution in [0.3, 0.4) is 0 Å². The lowest BCUT2D eigenvalue weighted by atomic mass is 10.0. The minimum atomic E-state index is -0.586. The maximum atomic E-state index is 14.0. The van der Waals surface area contributed by atoms with Gasteiger partial charge < -0.3 is 10.1 Å². The van der Waals surface area contributed by atoms with Crippen LogP contribution in [0.15, 0.2) is 30.7 Å². The molecule has 1 N–H and O–H groups in total. The van der Waals surface area contributed by atoms with E-state index in [0.717, 1.165) is 6.20 Å². The van der Waals surface area contributed by atoms with Crippen molar-refractivity contribution < 1.29 is 18.7 Å². The van der Waals surface area contributed by atoms with Gasteiger partial charge in [0.1, 0.15) is 29.8 Å². The van der Waals surface area contributed by atoms with Crippen LogP contribution < -0.4 is 10.2 Å². The monoisotopic (exact) mass is 382 g/mol. The van der Waals surface area contributed by atoms with Gasteiger partial charge in [0.15, 0.2) is 5.65 Å². The Hall–Kier alpha value is -3.56. The molecule has 0 aliphatic carbocycles. The fraction of sp³-hybridized carbons (Fsp3) is 0.278. The third-order valence-corrected chi connectivity index (χ3v) is 4.92. The summed E-state index contributed by atoms with van der Waals surface area (Å²) in [6.45, 7) is 0.477. The molecule has 0 aromatic carbocycles. The van der Waals surface area contributed by atoms with Gasteiger partial charge in [0, 0.05) is 24.0 Å². The zero-order valence-electron chi connectivity index (χ0n) is 14.6. The number of nitrogens with zero attached hydrogens (tertiary/aromatic N) is 5. The van der Waals surface area contributed by atoms with E-state index in [1.165, 1.54) is 21.7 Å². The number of rotatable bonds is 0. The predicted octanol–water partition coefficient (Wildman–Crippen LogP) is 1.64. The summed E-state index contributed by atoms with van der Waals surface area (Å²) in [6, 6.07) is 2.42. The fourth-order valence-electron chi connectivity index (χ4n) is 3.59. The molecular formula is C18H15FN6O3. The van der Waals surface area contributed by atoms with Gasteiger partial charge in [-0.3, -0.25) is 14.7 Å². The third-order valence-electron chi connectivity index (χ3n) is 4.92. The van der Waals surface area contributed by atoms with Gasteiger partial charge >= 0.3 is 6.09 Å². The number of hydrogen-bond acceptors (Lipinski definition) is 6. The molecule has 1 atom stereocenters. The SMILES string of the molecule is O=C1NCCCc2ncc(F)cc2C2COC(=O)N2c2ccn3ncc1c3n2. The van der Waals surface area contributed by atoms with Crippen LogP contribution in [0.4, 0.5) is 15.0 Å². The molecule has 0 radical (unpaired) electrons. The van der Waals surface area contributed by atoms with E-state index in [1.807, 2.05) is 0 Å². The summed E-state index contributed by atoms with van der Waals surface area (Å²) < 4.78 is 20.7. The molecule has 3 aromatic heterocycles. The number of aryl methyl sites for hydroxylation is 1. The van der Waals surface area contributed by atoms with E-state index >= 15 is 0 Å². The molecule has 1 saturated heterocycles. The van der Waals surface area contributed by atoms with E-state index in [4.69, 9.17) is 4.74 Å². The van der Waals surface area contributed by atoms with Crippen LogP contribution in [-0.2, 0) is 11.2 Å². The summed E-state index contributed by atoms with van der Waals surface area (Å²) in [7, 11) is 0. The Morgan fingerprint density at radius 1 is 1.29 bits per heavy atom. The lowest BCUT2D eigenvalue weighted by Gasteiger charge is -2.22. The van der Waals surface area contributed by atoms with Crippen molar-refractivity contribution in [2.75, 3.05) is 18.1 Å². The Morgan fingerprint density at radius 2 is 2.18 bits per heavy atom. The van der Waals surface area contributed by atoms with Gasteiger partial charge in [-0.2, -0.15) is 5.10 Å².